The minimum atomic E-state index is -4.70. The number of nitro groups is 1. The van der Waals surface area contributed by atoms with E-state index in [0.29, 0.717) is 6.07 Å². The van der Waals surface area contributed by atoms with Gasteiger partial charge in [0.15, 0.2) is 6.61 Å². The summed E-state index contributed by atoms with van der Waals surface area (Å²) in [5.74, 6) is -0.773. The van der Waals surface area contributed by atoms with Crippen molar-refractivity contribution in [2.24, 2.45) is 0 Å². The van der Waals surface area contributed by atoms with Crippen LogP contribution in [0.15, 0.2) is 36.4 Å². The number of carbonyl (C=O) groups is 1. The lowest BCUT2D eigenvalue weighted by Gasteiger charge is -2.14. The van der Waals surface area contributed by atoms with Crippen LogP contribution in [0, 0.1) is 17.0 Å². The Hall–Kier alpha value is -2.81. The Morgan fingerprint density at radius 2 is 2.00 bits per heavy atom. The maximum atomic E-state index is 13.0. The van der Waals surface area contributed by atoms with Crippen LogP contribution in [0.25, 0.3) is 0 Å². The van der Waals surface area contributed by atoms with E-state index < -0.39 is 34.9 Å². The summed E-state index contributed by atoms with van der Waals surface area (Å²) in [4.78, 5) is 22.2. The minimum Gasteiger partial charge on any atom is -0.483 e. The number of alkyl halides is 3. The highest BCUT2D eigenvalue weighted by atomic mass is 35.5. The van der Waals surface area contributed by atoms with E-state index in [9.17, 15) is 28.1 Å². The van der Waals surface area contributed by atoms with E-state index in [1.165, 1.54) is 31.2 Å². The van der Waals surface area contributed by atoms with Crippen molar-refractivity contribution >= 4 is 28.9 Å². The van der Waals surface area contributed by atoms with E-state index >= 15 is 0 Å². The standard InChI is InChI=1S/C16H12ClF3N2O4/c1-9-13(22(24)25)3-2-4-14(9)26-8-15(23)21-12-6-5-10(17)7-11(12)16(18,19)20/h2-7H,8H2,1H3,(H,21,23). The van der Waals surface area contributed by atoms with Gasteiger partial charge in [-0.05, 0) is 31.2 Å². The largest absolute Gasteiger partial charge is 0.483 e. The fourth-order valence-corrected chi connectivity index (χ4v) is 2.32. The van der Waals surface area contributed by atoms with Gasteiger partial charge in [0.1, 0.15) is 5.75 Å². The molecule has 0 aliphatic carbocycles. The van der Waals surface area contributed by atoms with Gasteiger partial charge in [0.05, 0.1) is 21.7 Å². The maximum absolute atomic E-state index is 13.0. The molecule has 0 bridgehead atoms. The van der Waals surface area contributed by atoms with Gasteiger partial charge in [0.2, 0.25) is 0 Å². The highest BCUT2D eigenvalue weighted by molar-refractivity contribution is 6.30. The normalized spacial score (nSPS) is 11.1. The molecule has 26 heavy (non-hydrogen) atoms. The third-order valence-electron chi connectivity index (χ3n) is 3.37. The molecule has 138 valence electrons. The van der Waals surface area contributed by atoms with Gasteiger partial charge in [0.25, 0.3) is 11.6 Å². The number of anilines is 1. The molecule has 0 aromatic heterocycles. The second-order valence-corrected chi connectivity index (χ2v) is 5.62. The summed E-state index contributed by atoms with van der Waals surface area (Å²) in [7, 11) is 0. The molecule has 0 atom stereocenters. The molecule has 2 rings (SSSR count). The topological polar surface area (TPSA) is 81.5 Å². The van der Waals surface area contributed by atoms with Crippen molar-refractivity contribution in [1.29, 1.82) is 0 Å². The molecule has 0 saturated carbocycles. The van der Waals surface area contributed by atoms with E-state index in [2.05, 4.69) is 5.32 Å². The van der Waals surface area contributed by atoms with Crippen LogP contribution in [0.5, 0.6) is 5.75 Å². The smallest absolute Gasteiger partial charge is 0.418 e. The summed E-state index contributed by atoms with van der Waals surface area (Å²) in [6.07, 6.45) is -4.70. The first-order chi connectivity index (χ1) is 12.1. The Balaban J connectivity index is 2.12. The van der Waals surface area contributed by atoms with Crippen molar-refractivity contribution in [3.63, 3.8) is 0 Å². The first-order valence-electron chi connectivity index (χ1n) is 7.13. The summed E-state index contributed by atoms with van der Waals surface area (Å²) in [6, 6.07) is 6.99. The highest BCUT2D eigenvalue weighted by Crippen LogP contribution is 2.36. The Kier molecular flexibility index (Phi) is 5.71. The third-order valence-corrected chi connectivity index (χ3v) is 3.61. The van der Waals surface area contributed by atoms with E-state index in [0.717, 1.165) is 6.07 Å². The lowest BCUT2D eigenvalue weighted by Crippen LogP contribution is -2.22. The van der Waals surface area contributed by atoms with Gasteiger partial charge < -0.3 is 10.1 Å². The molecule has 0 aliphatic heterocycles. The van der Waals surface area contributed by atoms with Crippen LogP contribution in [0.2, 0.25) is 5.02 Å². The van der Waals surface area contributed by atoms with Crippen molar-refractivity contribution in [1.82, 2.24) is 0 Å². The molecule has 0 heterocycles. The molecular formula is C16H12ClF3N2O4. The molecule has 0 spiro atoms. The predicted octanol–water partition coefficient (Wildman–Crippen LogP) is 4.59. The number of benzene rings is 2. The molecule has 0 radical (unpaired) electrons. The molecule has 2 aromatic carbocycles. The van der Waals surface area contributed by atoms with Gasteiger partial charge in [-0.3, -0.25) is 14.9 Å². The van der Waals surface area contributed by atoms with Gasteiger partial charge in [-0.1, -0.05) is 17.7 Å². The first kappa shape index (κ1) is 19.5. The van der Waals surface area contributed by atoms with Gasteiger partial charge in [-0.15, -0.1) is 0 Å². The van der Waals surface area contributed by atoms with Gasteiger partial charge in [-0.25, -0.2) is 0 Å². The Labute approximate surface area is 150 Å². The zero-order valence-corrected chi connectivity index (χ0v) is 14.0. The molecular weight excluding hydrogens is 377 g/mol. The van der Waals surface area contributed by atoms with Crippen molar-refractivity contribution in [3.8, 4) is 5.75 Å². The van der Waals surface area contributed by atoms with Crippen LogP contribution < -0.4 is 10.1 Å². The Morgan fingerprint density at radius 3 is 2.62 bits per heavy atom. The van der Waals surface area contributed by atoms with Gasteiger partial charge in [-0.2, -0.15) is 13.2 Å². The number of nitrogens with one attached hydrogen (secondary N) is 1. The zero-order valence-electron chi connectivity index (χ0n) is 13.3. The van der Waals surface area contributed by atoms with Crippen LogP contribution in [0.3, 0.4) is 0 Å². The lowest BCUT2D eigenvalue weighted by atomic mass is 10.1. The Bertz CT molecular complexity index is 856. The van der Waals surface area contributed by atoms with Crippen LogP contribution in [-0.2, 0) is 11.0 Å². The monoisotopic (exact) mass is 388 g/mol. The molecule has 0 unspecified atom stereocenters. The summed E-state index contributed by atoms with van der Waals surface area (Å²) in [5, 5.41) is 12.8. The van der Waals surface area contributed by atoms with E-state index in [1.807, 2.05) is 0 Å². The fourth-order valence-electron chi connectivity index (χ4n) is 2.15. The van der Waals surface area contributed by atoms with Crippen molar-refractivity contribution in [2.75, 3.05) is 11.9 Å². The van der Waals surface area contributed by atoms with Crippen molar-refractivity contribution < 1.29 is 27.6 Å². The maximum Gasteiger partial charge on any atom is 0.418 e. The number of ether oxygens (including phenoxy) is 1. The molecule has 1 N–H and O–H groups in total. The highest BCUT2D eigenvalue weighted by Gasteiger charge is 2.34. The fraction of sp³-hybridized carbons (Fsp3) is 0.188. The van der Waals surface area contributed by atoms with Crippen LogP contribution in [-0.4, -0.2) is 17.4 Å². The van der Waals surface area contributed by atoms with Crippen molar-refractivity contribution in [3.05, 3.63) is 62.7 Å². The molecule has 0 fully saturated rings. The van der Waals surface area contributed by atoms with E-state index in [4.69, 9.17) is 16.3 Å². The number of hydrogen-bond donors (Lipinski definition) is 1. The number of carbonyl (C=O) groups excluding carboxylic acids is 1. The van der Waals surface area contributed by atoms with Gasteiger partial charge >= 0.3 is 6.18 Å². The number of nitro benzene ring substituents is 1. The minimum absolute atomic E-state index is 0.0847. The number of amides is 1. The number of hydrogen-bond acceptors (Lipinski definition) is 4. The average molecular weight is 389 g/mol. The second-order valence-electron chi connectivity index (χ2n) is 5.18. The summed E-state index contributed by atoms with van der Waals surface area (Å²) in [5.41, 5.74) is -1.55. The summed E-state index contributed by atoms with van der Waals surface area (Å²) in [6.45, 7) is 0.814. The molecule has 2 aromatic rings. The van der Waals surface area contributed by atoms with Crippen LogP contribution in [0.1, 0.15) is 11.1 Å². The molecule has 0 saturated heterocycles. The number of halogens is 4. The summed E-state index contributed by atoms with van der Waals surface area (Å²) < 4.78 is 44.2. The predicted molar refractivity (Wildman–Crippen MR) is 88.4 cm³/mol. The summed E-state index contributed by atoms with van der Waals surface area (Å²) >= 11 is 5.57. The average Bonchev–Trinajstić information content (AvgIpc) is 2.54. The number of rotatable bonds is 5. The zero-order chi connectivity index (χ0) is 19.5. The van der Waals surface area contributed by atoms with Crippen molar-refractivity contribution in [2.45, 2.75) is 13.1 Å². The molecule has 0 aliphatic rings. The molecule has 6 nitrogen and oxygen atoms in total. The quantitative estimate of drug-likeness (QED) is 0.600. The first-order valence-corrected chi connectivity index (χ1v) is 7.51. The molecule has 10 heteroatoms. The Morgan fingerprint density at radius 1 is 1.31 bits per heavy atom. The van der Waals surface area contributed by atoms with Gasteiger partial charge in [0, 0.05) is 11.1 Å². The SMILES string of the molecule is Cc1c(OCC(=O)Nc2ccc(Cl)cc2C(F)(F)F)cccc1[N+](=O)[O-]. The van der Waals surface area contributed by atoms with E-state index in [-0.39, 0.29) is 22.0 Å². The lowest BCUT2D eigenvalue weighted by molar-refractivity contribution is -0.385. The third kappa shape index (κ3) is 4.63. The van der Waals surface area contributed by atoms with E-state index in [1.54, 1.807) is 0 Å². The van der Waals surface area contributed by atoms with Crippen LogP contribution >= 0.6 is 11.6 Å². The van der Waals surface area contributed by atoms with Crippen LogP contribution in [0.4, 0.5) is 24.5 Å². The molecule has 1 amide bonds. The number of nitrogens with zero attached hydrogens (tertiary/aromatic N) is 1. The second kappa shape index (κ2) is 7.61.